The highest BCUT2D eigenvalue weighted by atomic mass is 32.1. The molecule has 2 atom stereocenters. The zero-order chi connectivity index (χ0) is 17.0. The molecule has 0 aliphatic heterocycles. The topological polar surface area (TPSA) is 42.4 Å². The first-order valence-corrected chi connectivity index (χ1v) is 9.58. The molecule has 1 aliphatic carbocycles. The molecule has 2 rings (SSSR count). The third kappa shape index (κ3) is 4.13. The van der Waals surface area contributed by atoms with Crippen molar-refractivity contribution in [3.8, 4) is 0 Å². The minimum atomic E-state index is 0.0226. The minimum absolute atomic E-state index is 0.0226. The molecule has 0 bridgehead atoms. The number of hydrogen-bond acceptors (Lipinski definition) is 4. The fraction of sp³-hybridized carbons (Fsp3) is 0.778. The second-order valence-corrected chi connectivity index (χ2v) is 8.00. The van der Waals surface area contributed by atoms with E-state index in [1.165, 1.54) is 0 Å². The number of aryl methyl sites for hydroxylation is 1. The summed E-state index contributed by atoms with van der Waals surface area (Å²) in [6, 6.07) is 0.255. The molecule has 130 valence electrons. The summed E-state index contributed by atoms with van der Waals surface area (Å²) >= 11 is 1.64. The highest BCUT2D eigenvalue weighted by Gasteiger charge is 2.51. The molecule has 5 heteroatoms. The van der Waals surface area contributed by atoms with E-state index in [0.29, 0.717) is 6.42 Å². The highest BCUT2D eigenvalue weighted by Crippen LogP contribution is 2.45. The molecule has 1 aromatic heterocycles. The SMILES string of the molecule is CCCCO[C@@H]1C[C@@H](N(C)C(=O)Cc2csc(CC)n2)C1(C)C. The predicted octanol–water partition coefficient (Wildman–Crippen LogP) is 3.69. The van der Waals surface area contributed by atoms with Gasteiger partial charge in [0.05, 0.1) is 23.2 Å². The molecule has 1 aliphatic rings. The van der Waals surface area contributed by atoms with Gasteiger partial charge in [-0.15, -0.1) is 11.3 Å². The Morgan fingerprint density at radius 1 is 1.48 bits per heavy atom. The Hall–Kier alpha value is -0.940. The Morgan fingerprint density at radius 2 is 2.22 bits per heavy atom. The van der Waals surface area contributed by atoms with Gasteiger partial charge in [-0.25, -0.2) is 4.98 Å². The first-order chi connectivity index (χ1) is 10.9. The number of ether oxygens (including phenoxy) is 1. The van der Waals surface area contributed by atoms with Crippen LogP contribution in [0.4, 0.5) is 0 Å². The smallest absolute Gasteiger partial charge is 0.228 e. The molecular weight excluding hydrogens is 308 g/mol. The number of rotatable bonds is 8. The van der Waals surface area contributed by atoms with Crippen molar-refractivity contribution in [1.82, 2.24) is 9.88 Å². The fourth-order valence-electron chi connectivity index (χ4n) is 3.22. The van der Waals surface area contributed by atoms with Gasteiger partial charge in [0, 0.05) is 30.5 Å². The van der Waals surface area contributed by atoms with E-state index in [1.54, 1.807) is 11.3 Å². The van der Waals surface area contributed by atoms with Gasteiger partial charge in [-0.3, -0.25) is 4.79 Å². The quantitative estimate of drug-likeness (QED) is 0.679. The Bertz CT molecular complexity index is 527. The van der Waals surface area contributed by atoms with E-state index in [-0.39, 0.29) is 23.5 Å². The van der Waals surface area contributed by atoms with Gasteiger partial charge in [-0.05, 0) is 19.3 Å². The molecule has 0 radical (unpaired) electrons. The Labute approximate surface area is 144 Å². The van der Waals surface area contributed by atoms with Gasteiger partial charge in [0.1, 0.15) is 0 Å². The number of carbonyl (C=O) groups is 1. The van der Waals surface area contributed by atoms with Crippen LogP contribution in [0.5, 0.6) is 0 Å². The Morgan fingerprint density at radius 3 is 2.78 bits per heavy atom. The first kappa shape index (κ1) is 18.4. The second-order valence-electron chi connectivity index (χ2n) is 7.05. The van der Waals surface area contributed by atoms with E-state index in [4.69, 9.17) is 4.74 Å². The first-order valence-electron chi connectivity index (χ1n) is 8.70. The maximum absolute atomic E-state index is 12.5. The van der Waals surface area contributed by atoms with E-state index in [1.807, 2.05) is 17.3 Å². The monoisotopic (exact) mass is 338 g/mol. The van der Waals surface area contributed by atoms with Gasteiger partial charge in [0.15, 0.2) is 0 Å². The summed E-state index contributed by atoms with van der Waals surface area (Å²) in [7, 11) is 1.92. The van der Waals surface area contributed by atoms with Gasteiger partial charge in [-0.1, -0.05) is 34.1 Å². The fourth-order valence-corrected chi connectivity index (χ4v) is 3.97. The van der Waals surface area contributed by atoms with Crippen molar-refractivity contribution in [1.29, 1.82) is 0 Å². The number of hydrogen-bond donors (Lipinski definition) is 0. The van der Waals surface area contributed by atoms with E-state index in [9.17, 15) is 4.79 Å². The van der Waals surface area contributed by atoms with Crippen molar-refractivity contribution in [2.24, 2.45) is 5.41 Å². The second kappa shape index (κ2) is 7.75. The Kier molecular flexibility index (Phi) is 6.20. The summed E-state index contributed by atoms with van der Waals surface area (Å²) in [4.78, 5) is 19.0. The van der Waals surface area contributed by atoms with Gasteiger partial charge >= 0.3 is 0 Å². The van der Waals surface area contributed by atoms with Crippen LogP contribution in [0, 0.1) is 5.41 Å². The molecule has 0 saturated heterocycles. The minimum Gasteiger partial charge on any atom is -0.378 e. The van der Waals surface area contributed by atoms with E-state index in [0.717, 1.165) is 43.0 Å². The van der Waals surface area contributed by atoms with Crippen LogP contribution in [-0.2, 0) is 22.4 Å². The third-order valence-corrected chi connectivity index (χ3v) is 6.08. The van der Waals surface area contributed by atoms with Gasteiger partial charge < -0.3 is 9.64 Å². The molecule has 1 aromatic rings. The number of nitrogens with zero attached hydrogens (tertiary/aromatic N) is 2. The van der Waals surface area contributed by atoms with Crippen molar-refractivity contribution in [3.05, 3.63) is 16.1 Å². The molecule has 0 spiro atoms. The summed E-state index contributed by atoms with van der Waals surface area (Å²) in [6.45, 7) is 9.51. The molecule has 1 saturated carbocycles. The lowest BCUT2D eigenvalue weighted by molar-refractivity contribution is -0.164. The summed E-state index contributed by atoms with van der Waals surface area (Å²) in [5.41, 5.74) is 0.922. The van der Waals surface area contributed by atoms with Crippen LogP contribution < -0.4 is 0 Å². The van der Waals surface area contributed by atoms with Crippen molar-refractivity contribution < 1.29 is 9.53 Å². The zero-order valence-electron chi connectivity index (χ0n) is 15.1. The van der Waals surface area contributed by atoms with Crippen LogP contribution >= 0.6 is 11.3 Å². The average Bonchev–Trinajstić information content (AvgIpc) is 2.97. The van der Waals surface area contributed by atoms with Crippen LogP contribution in [-0.4, -0.2) is 41.6 Å². The van der Waals surface area contributed by atoms with Crippen LogP contribution in [0.1, 0.15) is 57.7 Å². The third-order valence-electron chi connectivity index (χ3n) is 5.04. The number of carbonyl (C=O) groups excluding carboxylic acids is 1. The number of unbranched alkanes of at least 4 members (excludes halogenated alkanes) is 1. The van der Waals surface area contributed by atoms with Crippen molar-refractivity contribution >= 4 is 17.2 Å². The predicted molar refractivity (Wildman–Crippen MR) is 94.8 cm³/mol. The van der Waals surface area contributed by atoms with Crippen LogP contribution in [0.2, 0.25) is 0 Å². The van der Waals surface area contributed by atoms with Crippen LogP contribution in [0.15, 0.2) is 5.38 Å². The van der Waals surface area contributed by atoms with Gasteiger partial charge in [0.2, 0.25) is 5.91 Å². The zero-order valence-corrected chi connectivity index (χ0v) is 15.9. The molecule has 1 heterocycles. The summed E-state index contributed by atoms with van der Waals surface area (Å²) in [5.74, 6) is 0.156. The van der Waals surface area contributed by atoms with E-state index in [2.05, 4.69) is 32.7 Å². The maximum Gasteiger partial charge on any atom is 0.228 e. The molecule has 0 unspecified atom stereocenters. The molecule has 1 fully saturated rings. The lowest BCUT2D eigenvalue weighted by atomic mass is 9.63. The normalized spacial score (nSPS) is 22.7. The summed E-state index contributed by atoms with van der Waals surface area (Å²) in [6.07, 6.45) is 4.80. The molecule has 1 amide bonds. The molecule has 23 heavy (non-hydrogen) atoms. The molecule has 0 N–H and O–H groups in total. The molecule has 4 nitrogen and oxygen atoms in total. The Balaban J connectivity index is 1.87. The van der Waals surface area contributed by atoms with Crippen molar-refractivity contribution in [2.75, 3.05) is 13.7 Å². The number of thiazole rings is 1. The van der Waals surface area contributed by atoms with Crippen LogP contribution in [0.3, 0.4) is 0 Å². The standard InChI is InChI=1S/C18H30N2O2S/c1-6-8-9-22-15-11-14(18(15,3)4)20(5)17(21)10-13-12-23-16(7-2)19-13/h12,14-15H,6-11H2,1-5H3/t14-,15-/m1/s1. The van der Waals surface area contributed by atoms with Crippen LogP contribution in [0.25, 0.3) is 0 Å². The summed E-state index contributed by atoms with van der Waals surface area (Å²) < 4.78 is 5.98. The number of likely N-dealkylation sites (N-methyl/N-ethyl adjacent to an activating group) is 1. The molecule has 0 aromatic carbocycles. The van der Waals surface area contributed by atoms with E-state index >= 15 is 0 Å². The average molecular weight is 339 g/mol. The lowest BCUT2D eigenvalue weighted by Gasteiger charge is -2.55. The van der Waals surface area contributed by atoms with Crippen molar-refractivity contribution in [2.45, 2.75) is 71.9 Å². The van der Waals surface area contributed by atoms with E-state index < -0.39 is 0 Å². The van der Waals surface area contributed by atoms with Crippen molar-refractivity contribution in [3.63, 3.8) is 0 Å². The van der Waals surface area contributed by atoms with Gasteiger partial charge in [-0.2, -0.15) is 0 Å². The summed E-state index contributed by atoms with van der Waals surface area (Å²) in [5, 5.41) is 3.11. The lowest BCUT2D eigenvalue weighted by Crippen LogP contribution is -2.62. The number of amides is 1. The molecular formula is C18H30N2O2S. The maximum atomic E-state index is 12.5. The largest absolute Gasteiger partial charge is 0.378 e. The van der Waals surface area contributed by atoms with Gasteiger partial charge in [0.25, 0.3) is 0 Å². The number of aromatic nitrogens is 1. The highest BCUT2D eigenvalue weighted by molar-refractivity contribution is 7.09.